The molecule has 4 heteroatoms. The predicted molar refractivity (Wildman–Crippen MR) is 98.5 cm³/mol. The first-order valence-corrected chi connectivity index (χ1v) is 9.43. The van der Waals surface area contributed by atoms with E-state index in [1.54, 1.807) is 0 Å². The molecular formula is C21H26N2O2. The number of carbonyl (C=O) groups is 1. The van der Waals surface area contributed by atoms with Crippen molar-refractivity contribution in [2.45, 2.75) is 51.6 Å². The van der Waals surface area contributed by atoms with Gasteiger partial charge in [0.15, 0.2) is 0 Å². The number of amides is 1. The van der Waals surface area contributed by atoms with Gasteiger partial charge in [0.05, 0.1) is 6.10 Å². The quantitative estimate of drug-likeness (QED) is 0.926. The molecule has 1 aliphatic heterocycles. The molecule has 4 nitrogen and oxygen atoms in total. The predicted octanol–water partition coefficient (Wildman–Crippen LogP) is 3.57. The van der Waals surface area contributed by atoms with Crippen LogP contribution < -0.4 is 5.32 Å². The summed E-state index contributed by atoms with van der Waals surface area (Å²) >= 11 is 0. The van der Waals surface area contributed by atoms with Crippen molar-refractivity contribution in [1.29, 1.82) is 0 Å². The van der Waals surface area contributed by atoms with Crippen molar-refractivity contribution in [3.8, 4) is 5.69 Å². The Labute approximate surface area is 149 Å². The van der Waals surface area contributed by atoms with Gasteiger partial charge in [-0.2, -0.15) is 0 Å². The summed E-state index contributed by atoms with van der Waals surface area (Å²) in [7, 11) is 0. The highest BCUT2D eigenvalue weighted by molar-refractivity contribution is 5.94. The topological polar surface area (TPSA) is 43.3 Å². The molecule has 1 unspecified atom stereocenters. The van der Waals surface area contributed by atoms with Gasteiger partial charge >= 0.3 is 0 Å². The lowest BCUT2D eigenvalue weighted by molar-refractivity contribution is 0.0858. The Balaban J connectivity index is 1.48. The highest BCUT2D eigenvalue weighted by atomic mass is 16.5. The van der Waals surface area contributed by atoms with E-state index < -0.39 is 0 Å². The standard InChI is InChI=1S/C21H26N2O2/c1-15-13-17-5-2-3-7-20(17)23(15)18-10-8-16(9-11-18)21(24)22-14-19-6-4-12-25-19/h8-11,13,19H,2-7,12,14H2,1H3,(H,22,24). The van der Waals surface area contributed by atoms with E-state index in [2.05, 4.69) is 35.0 Å². The van der Waals surface area contributed by atoms with E-state index in [-0.39, 0.29) is 12.0 Å². The molecule has 1 saturated heterocycles. The summed E-state index contributed by atoms with van der Waals surface area (Å²) in [5.74, 6) is -0.0201. The number of nitrogens with zero attached hydrogens (tertiary/aromatic N) is 1. The van der Waals surface area contributed by atoms with Gasteiger partial charge in [0.2, 0.25) is 0 Å². The zero-order valence-electron chi connectivity index (χ0n) is 14.9. The Morgan fingerprint density at radius 2 is 2.00 bits per heavy atom. The molecule has 0 spiro atoms. The lowest BCUT2D eigenvalue weighted by Crippen LogP contribution is -2.31. The van der Waals surface area contributed by atoms with Crippen LogP contribution in [0.1, 0.15) is 53.0 Å². The minimum atomic E-state index is -0.0201. The molecule has 0 bridgehead atoms. The van der Waals surface area contributed by atoms with Crippen LogP contribution >= 0.6 is 0 Å². The Bertz CT molecular complexity index is 755. The number of aryl methyl sites for hydroxylation is 2. The molecule has 4 rings (SSSR count). The fraction of sp³-hybridized carbons (Fsp3) is 0.476. The number of fused-ring (bicyclic) bond motifs is 1. The third kappa shape index (κ3) is 3.36. The van der Waals surface area contributed by atoms with Crippen molar-refractivity contribution in [2.24, 2.45) is 0 Å². The first kappa shape index (κ1) is 16.4. The summed E-state index contributed by atoms with van der Waals surface area (Å²) in [6.45, 7) is 3.58. The summed E-state index contributed by atoms with van der Waals surface area (Å²) in [6, 6.07) is 10.3. The van der Waals surface area contributed by atoms with Gasteiger partial charge in [0, 0.05) is 35.8 Å². The highest BCUT2D eigenvalue weighted by Crippen LogP contribution is 2.28. The Kier molecular flexibility index (Phi) is 4.62. The van der Waals surface area contributed by atoms with Crippen LogP contribution in [0.25, 0.3) is 5.69 Å². The van der Waals surface area contributed by atoms with E-state index >= 15 is 0 Å². The molecule has 1 amide bonds. The number of hydrogen-bond acceptors (Lipinski definition) is 2. The van der Waals surface area contributed by atoms with E-state index in [9.17, 15) is 4.79 Å². The fourth-order valence-corrected chi connectivity index (χ4v) is 4.09. The number of carbonyl (C=O) groups excluding carboxylic acids is 1. The zero-order chi connectivity index (χ0) is 17.2. The van der Waals surface area contributed by atoms with Gasteiger partial charge in [-0.15, -0.1) is 0 Å². The Morgan fingerprint density at radius 3 is 2.76 bits per heavy atom. The summed E-state index contributed by atoms with van der Waals surface area (Å²) in [6.07, 6.45) is 7.20. The monoisotopic (exact) mass is 338 g/mol. The molecule has 2 aliphatic rings. The minimum absolute atomic E-state index is 0.0201. The number of benzene rings is 1. The third-order valence-corrected chi connectivity index (χ3v) is 5.39. The van der Waals surface area contributed by atoms with Gasteiger partial charge in [0.25, 0.3) is 5.91 Å². The molecule has 132 valence electrons. The lowest BCUT2D eigenvalue weighted by atomic mass is 9.98. The first-order chi connectivity index (χ1) is 12.2. The molecule has 0 radical (unpaired) electrons. The maximum absolute atomic E-state index is 12.3. The molecule has 1 aliphatic carbocycles. The van der Waals surface area contributed by atoms with Crippen LogP contribution in [0.2, 0.25) is 0 Å². The third-order valence-electron chi connectivity index (χ3n) is 5.39. The van der Waals surface area contributed by atoms with Gasteiger partial charge in [-0.3, -0.25) is 4.79 Å². The average Bonchev–Trinajstić information content (AvgIpc) is 3.26. The molecule has 2 heterocycles. The maximum Gasteiger partial charge on any atom is 0.251 e. The van der Waals surface area contributed by atoms with Crippen molar-refractivity contribution in [3.05, 3.63) is 52.8 Å². The molecule has 2 aromatic rings. The lowest BCUT2D eigenvalue weighted by Gasteiger charge is -2.17. The van der Waals surface area contributed by atoms with Gasteiger partial charge in [0.1, 0.15) is 0 Å². The first-order valence-electron chi connectivity index (χ1n) is 9.43. The SMILES string of the molecule is Cc1cc2c(n1-c1ccc(C(=O)NCC3CCCO3)cc1)CCCC2. The van der Waals surface area contributed by atoms with Crippen LogP contribution in [-0.2, 0) is 17.6 Å². The van der Waals surface area contributed by atoms with E-state index in [4.69, 9.17) is 4.74 Å². The van der Waals surface area contributed by atoms with Crippen LogP contribution in [0.4, 0.5) is 0 Å². The zero-order valence-corrected chi connectivity index (χ0v) is 14.9. The normalized spacial score (nSPS) is 19.6. The minimum Gasteiger partial charge on any atom is -0.376 e. The van der Waals surface area contributed by atoms with Crippen LogP contribution in [0, 0.1) is 6.92 Å². The van der Waals surface area contributed by atoms with Crippen molar-refractivity contribution in [1.82, 2.24) is 9.88 Å². The number of aromatic nitrogens is 1. The number of rotatable bonds is 4. The van der Waals surface area contributed by atoms with E-state index in [0.29, 0.717) is 12.1 Å². The molecule has 1 aromatic heterocycles. The second kappa shape index (κ2) is 7.04. The number of hydrogen-bond donors (Lipinski definition) is 1. The molecule has 1 fully saturated rings. The summed E-state index contributed by atoms with van der Waals surface area (Å²) < 4.78 is 7.90. The van der Waals surface area contributed by atoms with Crippen molar-refractivity contribution < 1.29 is 9.53 Å². The average molecular weight is 338 g/mol. The Morgan fingerprint density at radius 1 is 1.20 bits per heavy atom. The van der Waals surface area contributed by atoms with Gasteiger partial charge in [-0.1, -0.05) is 0 Å². The van der Waals surface area contributed by atoms with Crippen molar-refractivity contribution >= 4 is 5.91 Å². The second-order valence-electron chi connectivity index (χ2n) is 7.19. The largest absolute Gasteiger partial charge is 0.376 e. The van der Waals surface area contributed by atoms with Crippen molar-refractivity contribution in [3.63, 3.8) is 0 Å². The number of ether oxygens (including phenoxy) is 1. The summed E-state index contributed by atoms with van der Waals surface area (Å²) in [4.78, 5) is 12.3. The molecule has 1 atom stereocenters. The van der Waals surface area contributed by atoms with Crippen LogP contribution in [0.5, 0.6) is 0 Å². The second-order valence-corrected chi connectivity index (χ2v) is 7.19. The molecule has 25 heavy (non-hydrogen) atoms. The van der Waals surface area contributed by atoms with E-state index in [0.717, 1.165) is 31.6 Å². The summed E-state index contributed by atoms with van der Waals surface area (Å²) in [5, 5.41) is 2.99. The van der Waals surface area contributed by atoms with Crippen LogP contribution in [-0.4, -0.2) is 29.7 Å². The van der Waals surface area contributed by atoms with Crippen LogP contribution in [0.15, 0.2) is 30.3 Å². The maximum atomic E-state index is 12.3. The van der Waals surface area contributed by atoms with Crippen LogP contribution in [0.3, 0.4) is 0 Å². The Hall–Kier alpha value is -2.07. The fourth-order valence-electron chi connectivity index (χ4n) is 4.09. The molecule has 0 saturated carbocycles. The molecular weight excluding hydrogens is 312 g/mol. The van der Waals surface area contributed by atoms with E-state index in [1.807, 2.05) is 12.1 Å². The summed E-state index contributed by atoms with van der Waals surface area (Å²) in [5.41, 5.74) is 6.07. The molecule has 1 N–H and O–H groups in total. The van der Waals surface area contributed by atoms with Gasteiger partial charge < -0.3 is 14.6 Å². The van der Waals surface area contributed by atoms with Gasteiger partial charge in [-0.05, 0) is 81.3 Å². The van der Waals surface area contributed by atoms with E-state index in [1.165, 1.54) is 36.2 Å². The molecule has 1 aromatic carbocycles. The highest BCUT2D eigenvalue weighted by Gasteiger charge is 2.18. The number of nitrogens with one attached hydrogen (secondary N) is 1. The smallest absolute Gasteiger partial charge is 0.251 e. The van der Waals surface area contributed by atoms with Gasteiger partial charge in [-0.25, -0.2) is 0 Å². The van der Waals surface area contributed by atoms with Crippen molar-refractivity contribution in [2.75, 3.05) is 13.2 Å².